The summed E-state index contributed by atoms with van der Waals surface area (Å²) in [5.74, 6) is -1.34. The lowest BCUT2D eigenvalue weighted by molar-refractivity contribution is 0.289. The molecule has 0 aliphatic heterocycles. The molecule has 0 saturated carbocycles. The summed E-state index contributed by atoms with van der Waals surface area (Å²) in [7, 11) is 0. The fraction of sp³-hybridized carbons (Fsp3) is 0.455. The lowest BCUT2D eigenvalue weighted by Gasteiger charge is -2.23. The average molecular weight is 230 g/mol. The lowest BCUT2D eigenvalue weighted by atomic mass is 10.2. The van der Waals surface area contributed by atoms with E-state index in [2.05, 4.69) is 0 Å². The highest BCUT2D eigenvalue weighted by Gasteiger charge is 2.15. The number of benzene rings is 1. The first kappa shape index (κ1) is 12.7. The number of aliphatic hydroxyl groups excluding tert-OH is 1. The lowest BCUT2D eigenvalue weighted by Crippen LogP contribution is -2.26. The summed E-state index contributed by atoms with van der Waals surface area (Å²) in [5, 5.41) is 8.71. The van der Waals surface area contributed by atoms with E-state index in [1.807, 2.05) is 0 Å². The van der Waals surface area contributed by atoms with Crippen molar-refractivity contribution in [3.63, 3.8) is 0 Å². The maximum absolute atomic E-state index is 13.6. The smallest absolute Gasteiger partial charge is 0.151 e. The van der Waals surface area contributed by atoms with E-state index in [1.54, 1.807) is 11.8 Å². The highest BCUT2D eigenvalue weighted by molar-refractivity contribution is 5.55. The van der Waals surface area contributed by atoms with Gasteiger partial charge in [-0.3, -0.25) is 0 Å². The van der Waals surface area contributed by atoms with E-state index in [0.717, 1.165) is 12.1 Å². The number of nitrogens with two attached hydrogens (primary N) is 1. The number of nitrogen functional groups attached to an aromatic ring is 1. The zero-order valence-corrected chi connectivity index (χ0v) is 9.21. The third-order valence-corrected chi connectivity index (χ3v) is 2.32. The molecule has 0 radical (unpaired) electrons. The molecule has 0 heterocycles. The van der Waals surface area contributed by atoms with Crippen LogP contribution in [0.2, 0.25) is 0 Å². The Morgan fingerprint density at radius 1 is 1.31 bits per heavy atom. The third kappa shape index (κ3) is 2.82. The molecule has 0 aliphatic carbocycles. The van der Waals surface area contributed by atoms with Crippen molar-refractivity contribution in [1.29, 1.82) is 0 Å². The summed E-state index contributed by atoms with van der Waals surface area (Å²) in [6.07, 6.45) is 0.469. The Hall–Kier alpha value is -1.36. The van der Waals surface area contributed by atoms with Gasteiger partial charge in [-0.25, -0.2) is 8.78 Å². The molecule has 0 unspecified atom stereocenters. The minimum atomic E-state index is -0.669. The van der Waals surface area contributed by atoms with E-state index in [-0.39, 0.29) is 18.0 Å². The van der Waals surface area contributed by atoms with Crippen molar-refractivity contribution in [3.8, 4) is 0 Å². The van der Waals surface area contributed by atoms with Crippen molar-refractivity contribution < 1.29 is 13.9 Å². The number of rotatable bonds is 5. The van der Waals surface area contributed by atoms with Crippen molar-refractivity contribution >= 4 is 11.4 Å². The van der Waals surface area contributed by atoms with Gasteiger partial charge >= 0.3 is 0 Å². The summed E-state index contributed by atoms with van der Waals surface area (Å²) in [6.45, 7) is 2.67. The van der Waals surface area contributed by atoms with Crippen LogP contribution in [-0.4, -0.2) is 24.8 Å². The molecule has 0 aromatic heterocycles. The van der Waals surface area contributed by atoms with E-state index in [1.165, 1.54) is 0 Å². The van der Waals surface area contributed by atoms with Crippen molar-refractivity contribution in [1.82, 2.24) is 0 Å². The second-order valence-electron chi connectivity index (χ2n) is 3.49. The summed E-state index contributed by atoms with van der Waals surface area (Å²) in [6, 6.07) is 2.19. The predicted molar refractivity (Wildman–Crippen MR) is 60.4 cm³/mol. The van der Waals surface area contributed by atoms with Gasteiger partial charge in [0.1, 0.15) is 5.69 Å². The van der Waals surface area contributed by atoms with Crippen LogP contribution in [0.5, 0.6) is 0 Å². The van der Waals surface area contributed by atoms with Crippen LogP contribution < -0.4 is 10.6 Å². The first-order valence-electron chi connectivity index (χ1n) is 5.20. The highest BCUT2D eigenvalue weighted by atomic mass is 19.1. The van der Waals surface area contributed by atoms with Crippen molar-refractivity contribution in [2.24, 2.45) is 0 Å². The fourth-order valence-electron chi connectivity index (χ4n) is 1.58. The van der Waals surface area contributed by atoms with Crippen LogP contribution in [0.3, 0.4) is 0 Å². The quantitative estimate of drug-likeness (QED) is 0.758. The second-order valence-corrected chi connectivity index (χ2v) is 3.49. The van der Waals surface area contributed by atoms with E-state index in [0.29, 0.717) is 19.5 Å². The molecule has 1 rings (SSSR count). The van der Waals surface area contributed by atoms with Crippen LogP contribution >= 0.6 is 0 Å². The first-order chi connectivity index (χ1) is 7.60. The molecule has 1 aromatic carbocycles. The number of hydrogen-bond acceptors (Lipinski definition) is 3. The fourth-order valence-corrected chi connectivity index (χ4v) is 1.58. The summed E-state index contributed by atoms with van der Waals surface area (Å²) >= 11 is 0. The van der Waals surface area contributed by atoms with Gasteiger partial charge in [0.2, 0.25) is 0 Å². The maximum Gasteiger partial charge on any atom is 0.151 e. The average Bonchev–Trinajstić information content (AvgIpc) is 2.21. The highest BCUT2D eigenvalue weighted by Crippen LogP contribution is 2.25. The Labute approximate surface area is 93.5 Å². The molecule has 5 heteroatoms. The van der Waals surface area contributed by atoms with Gasteiger partial charge in [-0.1, -0.05) is 0 Å². The Kier molecular flexibility index (Phi) is 4.49. The van der Waals surface area contributed by atoms with E-state index >= 15 is 0 Å². The topological polar surface area (TPSA) is 49.5 Å². The standard InChI is InChI=1S/C11H16F2N2O/c1-2-15(4-3-5-16)11-9(12)6-8(14)7-10(11)13/h6-7,16H,2-5,14H2,1H3. The normalized spacial score (nSPS) is 10.5. The van der Waals surface area contributed by atoms with Crippen LogP contribution in [-0.2, 0) is 0 Å². The summed E-state index contributed by atoms with van der Waals surface area (Å²) in [4.78, 5) is 1.54. The molecule has 1 aromatic rings. The van der Waals surface area contributed by atoms with Crippen molar-refractivity contribution in [2.45, 2.75) is 13.3 Å². The molecule has 0 saturated heterocycles. The number of aliphatic hydroxyl groups is 1. The Balaban J connectivity index is 2.99. The van der Waals surface area contributed by atoms with Crippen LogP contribution in [0.4, 0.5) is 20.2 Å². The Bertz CT molecular complexity index is 335. The van der Waals surface area contributed by atoms with Crippen molar-refractivity contribution in [2.75, 3.05) is 30.3 Å². The van der Waals surface area contributed by atoms with E-state index in [4.69, 9.17) is 10.8 Å². The Morgan fingerprint density at radius 2 is 1.88 bits per heavy atom. The molecular weight excluding hydrogens is 214 g/mol. The molecule has 3 nitrogen and oxygen atoms in total. The van der Waals surface area contributed by atoms with Gasteiger partial charge < -0.3 is 15.7 Å². The molecule has 16 heavy (non-hydrogen) atoms. The summed E-state index contributed by atoms with van der Waals surface area (Å²) in [5.41, 5.74) is 5.32. The number of hydrogen-bond donors (Lipinski definition) is 2. The zero-order valence-electron chi connectivity index (χ0n) is 9.21. The van der Waals surface area contributed by atoms with Gasteiger partial charge in [-0.15, -0.1) is 0 Å². The van der Waals surface area contributed by atoms with Gasteiger partial charge in [0.25, 0.3) is 0 Å². The van der Waals surface area contributed by atoms with Gasteiger partial charge in [0.15, 0.2) is 11.6 Å². The molecule has 90 valence electrons. The van der Waals surface area contributed by atoms with Gasteiger partial charge in [-0.05, 0) is 25.5 Å². The minimum Gasteiger partial charge on any atom is -0.399 e. The molecule has 0 bridgehead atoms. The second kappa shape index (κ2) is 5.65. The van der Waals surface area contributed by atoms with Gasteiger partial charge in [-0.2, -0.15) is 0 Å². The molecule has 0 atom stereocenters. The Morgan fingerprint density at radius 3 is 2.31 bits per heavy atom. The van der Waals surface area contributed by atoms with Crippen LogP contribution in [0.15, 0.2) is 12.1 Å². The van der Waals surface area contributed by atoms with Crippen molar-refractivity contribution in [3.05, 3.63) is 23.8 Å². The monoisotopic (exact) mass is 230 g/mol. The van der Waals surface area contributed by atoms with Gasteiger partial charge in [0.05, 0.1) is 0 Å². The van der Waals surface area contributed by atoms with Gasteiger partial charge in [0, 0.05) is 25.4 Å². The van der Waals surface area contributed by atoms with Crippen LogP contribution in [0.1, 0.15) is 13.3 Å². The van der Waals surface area contributed by atoms with Crippen LogP contribution in [0, 0.1) is 11.6 Å². The van der Waals surface area contributed by atoms with Crippen LogP contribution in [0.25, 0.3) is 0 Å². The molecule has 0 spiro atoms. The summed E-state index contributed by atoms with van der Waals surface area (Å²) < 4.78 is 27.1. The first-order valence-corrected chi connectivity index (χ1v) is 5.20. The van der Waals surface area contributed by atoms with E-state index in [9.17, 15) is 8.78 Å². The largest absolute Gasteiger partial charge is 0.399 e. The molecule has 3 N–H and O–H groups in total. The third-order valence-electron chi connectivity index (χ3n) is 2.32. The maximum atomic E-state index is 13.6. The zero-order chi connectivity index (χ0) is 12.1. The molecule has 0 aliphatic rings. The predicted octanol–water partition coefficient (Wildman–Crippen LogP) is 1.76. The SMILES string of the molecule is CCN(CCCO)c1c(F)cc(N)cc1F. The number of nitrogens with zero attached hydrogens (tertiary/aromatic N) is 1. The molecular formula is C11H16F2N2O. The molecule has 0 amide bonds. The number of halogens is 2. The molecule has 0 fully saturated rings. The van der Waals surface area contributed by atoms with E-state index < -0.39 is 11.6 Å². The number of anilines is 2. The minimum absolute atomic E-state index is 0.00525.